The molecular formula is C16H15ClN4O5. The topological polar surface area (TPSA) is 126 Å². The number of hydrogen-bond acceptors (Lipinski definition) is 5. The summed E-state index contributed by atoms with van der Waals surface area (Å²) in [6.07, 6.45) is 0. The van der Waals surface area contributed by atoms with Crippen LogP contribution in [0.25, 0.3) is 16.7 Å². The fraction of sp³-hybridized carbons (Fsp3) is 0.250. The fourth-order valence-corrected chi connectivity index (χ4v) is 2.91. The van der Waals surface area contributed by atoms with E-state index in [2.05, 4.69) is 10.3 Å². The first kappa shape index (κ1) is 17.7. The van der Waals surface area contributed by atoms with Crippen LogP contribution in [0.1, 0.15) is 30.2 Å². The minimum atomic E-state index is -1.27. The van der Waals surface area contributed by atoms with E-state index in [0.29, 0.717) is 16.1 Å². The molecule has 3 N–H and O–H groups in total. The molecule has 1 amide bonds. The summed E-state index contributed by atoms with van der Waals surface area (Å²) in [5, 5.41) is 21.7. The standard InChI is InChI=1S/C16H15ClN4O5/c1-7(2)20-16(26)12(15(25)18-6-11(22)23)13(24)14-19-9-4-3-8(17)5-10(9)21(14)20/h3-5,7,24H,6H2,1-2H3,(H,18,25)(H,22,23). The quantitative estimate of drug-likeness (QED) is 0.630. The Bertz CT molecular complexity index is 1120. The lowest BCUT2D eigenvalue weighted by molar-refractivity contribution is -0.135. The first-order valence-electron chi connectivity index (χ1n) is 7.67. The molecule has 1 aromatic carbocycles. The molecule has 2 aromatic heterocycles. The molecule has 0 aliphatic rings. The number of benzene rings is 1. The van der Waals surface area contributed by atoms with Crippen molar-refractivity contribution in [3.8, 4) is 5.75 Å². The van der Waals surface area contributed by atoms with Gasteiger partial charge in [-0.1, -0.05) is 11.6 Å². The van der Waals surface area contributed by atoms with Crippen molar-refractivity contribution in [1.29, 1.82) is 0 Å². The highest BCUT2D eigenvalue weighted by molar-refractivity contribution is 6.31. The van der Waals surface area contributed by atoms with E-state index in [1.807, 2.05) is 0 Å². The molecule has 10 heteroatoms. The number of rotatable bonds is 4. The highest BCUT2D eigenvalue weighted by atomic mass is 35.5. The molecule has 0 atom stereocenters. The van der Waals surface area contributed by atoms with Gasteiger partial charge in [-0.15, -0.1) is 0 Å². The number of aromatic nitrogens is 3. The van der Waals surface area contributed by atoms with Gasteiger partial charge in [0.25, 0.3) is 11.5 Å². The number of aromatic hydroxyl groups is 1. The van der Waals surface area contributed by atoms with Gasteiger partial charge in [0.05, 0.1) is 11.0 Å². The molecular weight excluding hydrogens is 364 g/mol. The maximum absolute atomic E-state index is 12.9. The van der Waals surface area contributed by atoms with Gasteiger partial charge in [-0.3, -0.25) is 14.4 Å². The van der Waals surface area contributed by atoms with E-state index in [4.69, 9.17) is 16.7 Å². The Balaban J connectivity index is 2.39. The van der Waals surface area contributed by atoms with Gasteiger partial charge in [-0.2, -0.15) is 0 Å². The van der Waals surface area contributed by atoms with Crippen molar-refractivity contribution in [2.24, 2.45) is 0 Å². The zero-order valence-electron chi connectivity index (χ0n) is 13.9. The first-order valence-corrected chi connectivity index (χ1v) is 8.05. The lowest BCUT2D eigenvalue weighted by Crippen LogP contribution is -2.38. The van der Waals surface area contributed by atoms with Crippen LogP contribution in [-0.2, 0) is 4.79 Å². The summed E-state index contributed by atoms with van der Waals surface area (Å²) in [6, 6.07) is 4.46. The molecule has 0 aliphatic carbocycles. The van der Waals surface area contributed by atoms with Gasteiger partial charge in [0.1, 0.15) is 6.54 Å². The molecule has 0 fully saturated rings. The number of halogens is 1. The summed E-state index contributed by atoms with van der Waals surface area (Å²) in [7, 11) is 0. The van der Waals surface area contributed by atoms with Gasteiger partial charge in [0.15, 0.2) is 17.0 Å². The molecule has 3 rings (SSSR count). The Morgan fingerprint density at radius 3 is 2.65 bits per heavy atom. The lowest BCUT2D eigenvalue weighted by Gasteiger charge is -2.16. The van der Waals surface area contributed by atoms with Crippen LogP contribution in [0.2, 0.25) is 5.02 Å². The van der Waals surface area contributed by atoms with Crippen molar-refractivity contribution >= 4 is 40.2 Å². The predicted molar refractivity (Wildman–Crippen MR) is 94.0 cm³/mol. The summed E-state index contributed by atoms with van der Waals surface area (Å²) in [5.41, 5.74) is -0.371. The van der Waals surface area contributed by atoms with Crippen molar-refractivity contribution in [2.45, 2.75) is 19.9 Å². The van der Waals surface area contributed by atoms with E-state index in [1.54, 1.807) is 32.0 Å². The number of nitrogens with one attached hydrogen (secondary N) is 1. The third-order valence-electron chi connectivity index (χ3n) is 3.80. The summed E-state index contributed by atoms with van der Waals surface area (Å²) in [6.45, 7) is 2.77. The van der Waals surface area contributed by atoms with Crippen LogP contribution < -0.4 is 10.9 Å². The maximum Gasteiger partial charge on any atom is 0.322 e. The zero-order chi connectivity index (χ0) is 19.2. The third-order valence-corrected chi connectivity index (χ3v) is 4.03. The van der Waals surface area contributed by atoms with Gasteiger partial charge < -0.3 is 15.5 Å². The fourth-order valence-electron chi connectivity index (χ4n) is 2.74. The predicted octanol–water partition coefficient (Wildman–Crippen LogP) is 1.40. The highest BCUT2D eigenvalue weighted by Crippen LogP contribution is 2.27. The summed E-state index contributed by atoms with van der Waals surface area (Å²) in [4.78, 5) is 40.1. The van der Waals surface area contributed by atoms with Gasteiger partial charge >= 0.3 is 5.97 Å². The van der Waals surface area contributed by atoms with Gasteiger partial charge in [-0.25, -0.2) is 14.2 Å². The summed E-state index contributed by atoms with van der Waals surface area (Å²) in [5.74, 6) is -2.89. The van der Waals surface area contributed by atoms with E-state index in [1.165, 1.54) is 9.20 Å². The molecule has 0 aliphatic heterocycles. The Morgan fingerprint density at radius 2 is 2.04 bits per heavy atom. The van der Waals surface area contributed by atoms with Crippen LogP contribution in [0, 0.1) is 0 Å². The number of carbonyl (C=O) groups is 2. The molecule has 26 heavy (non-hydrogen) atoms. The minimum absolute atomic E-state index is 0.00367. The number of amides is 1. The van der Waals surface area contributed by atoms with Crippen molar-refractivity contribution in [2.75, 3.05) is 6.54 Å². The maximum atomic E-state index is 12.9. The van der Waals surface area contributed by atoms with Crippen molar-refractivity contribution in [3.05, 3.63) is 39.1 Å². The van der Waals surface area contributed by atoms with Crippen molar-refractivity contribution < 1.29 is 19.8 Å². The normalized spacial score (nSPS) is 11.4. The Morgan fingerprint density at radius 1 is 1.35 bits per heavy atom. The molecule has 0 radical (unpaired) electrons. The smallest absolute Gasteiger partial charge is 0.322 e. The van der Waals surface area contributed by atoms with Crippen molar-refractivity contribution in [1.82, 2.24) is 19.5 Å². The Hall–Kier alpha value is -3.07. The van der Waals surface area contributed by atoms with Crippen LogP contribution >= 0.6 is 11.6 Å². The number of imidazole rings is 1. The molecule has 0 unspecified atom stereocenters. The van der Waals surface area contributed by atoms with Gasteiger partial charge in [0, 0.05) is 11.1 Å². The second-order valence-corrected chi connectivity index (χ2v) is 6.36. The largest absolute Gasteiger partial charge is 0.504 e. The summed E-state index contributed by atoms with van der Waals surface area (Å²) >= 11 is 6.03. The van der Waals surface area contributed by atoms with Gasteiger partial charge in [0.2, 0.25) is 0 Å². The molecule has 136 valence electrons. The van der Waals surface area contributed by atoms with E-state index < -0.39 is 35.3 Å². The van der Waals surface area contributed by atoms with Crippen LogP contribution in [0.4, 0.5) is 0 Å². The molecule has 0 spiro atoms. The minimum Gasteiger partial charge on any atom is -0.504 e. The number of aliphatic carboxylic acids is 1. The van der Waals surface area contributed by atoms with E-state index in [0.717, 1.165) is 0 Å². The highest BCUT2D eigenvalue weighted by Gasteiger charge is 2.26. The summed E-state index contributed by atoms with van der Waals surface area (Å²) < 4.78 is 2.66. The SMILES string of the molecule is CC(C)n1c(=O)c(C(=O)NCC(=O)O)c(O)c2nc3ccc(Cl)cc3n21. The van der Waals surface area contributed by atoms with Crippen LogP contribution in [0.3, 0.4) is 0 Å². The number of nitrogens with zero attached hydrogens (tertiary/aromatic N) is 3. The number of carboxylic acid groups (broad SMARTS) is 1. The lowest BCUT2D eigenvalue weighted by atomic mass is 10.2. The average molecular weight is 379 g/mol. The average Bonchev–Trinajstić information content (AvgIpc) is 2.91. The molecule has 9 nitrogen and oxygen atoms in total. The molecule has 0 saturated carbocycles. The monoisotopic (exact) mass is 378 g/mol. The number of carbonyl (C=O) groups excluding carboxylic acids is 1. The van der Waals surface area contributed by atoms with Crippen LogP contribution in [-0.4, -0.2) is 42.8 Å². The zero-order valence-corrected chi connectivity index (χ0v) is 14.6. The Kier molecular flexibility index (Phi) is 4.33. The van der Waals surface area contributed by atoms with Crippen LogP contribution in [0.15, 0.2) is 23.0 Å². The third kappa shape index (κ3) is 2.76. The molecule has 3 aromatic rings. The Labute approximate surface area is 151 Å². The number of hydrogen-bond donors (Lipinski definition) is 3. The number of fused-ring (bicyclic) bond motifs is 3. The molecule has 0 saturated heterocycles. The second-order valence-electron chi connectivity index (χ2n) is 5.92. The first-order chi connectivity index (χ1) is 12.2. The molecule has 2 heterocycles. The van der Waals surface area contributed by atoms with E-state index in [9.17, 15) is 19.5 Å². The number of carboxylic acids is 1. The van der Waals surface area contributed by atoms with E-state index in [-0.39, 0.29) is 11.7 Å². The second kappa shape index (κ2) is 6.34. The van der Waals surface area contributed by atoms with Gasteiger partial charge in [-0.05, 0) is 32.0 Å². The van der Waals surface area contributed by atoms with E-state index >= 15 is 0 Å². The van der Waals surface area contributed by atoms with Crippen molar-refractivity contribution in [3.63, 3.8) is 0 Å². The molecule has 0 bridgehead atoms. The van der Waals surface area contributed by atoms with Crippen LogP contribution in [0.5, 0.6) is 5.75 Å².